The zero-order chi connectivity index (χ0) is 13.6. The predicted octanol–water partition coefficient (Wildman–Crippen LogP) is 2.34. The standard InChI is InChI=1S/C14H28N2O2.ClH/c1-12-10-16(11-14(2,3)18-12)13(17)8-6-4-5-7-9-15;/h12H,4-11,15H2,1-3H3;1H. The molecular weight excluding hydrogens is 264 g/mol. The van der Waals surface area contributed by atoms with Gasteiger partial charge in [0.1, 0.15) is 0 Å². The maximum absolute atomic E-state index is 12.1. The highest BCUT2D eigenvalue weighted by Gasteiger charge is 2.33. The molecule has 2 N–H and O–H groups in total. The van der Waals surface area contributed by atoms with Crippen LogP contribution in [0.4, 0.5) is 0 Å². The molecule has 0 saturated carbocycles. The van der Waals surface area contributed by atoms with Gasteiger partial charge in [-0.05, 0) is 40.2 Å². The van der Waals surface area contributed by atoms with Crippen molar-refractivity contribution >= 4 is 18.3 Å². The molecule has 1 atom stereocenters. The van der Waals surface area contributed by atoms with E-state index >= 15 is 0 Å². The zero-order valence-corrected chi connectivity index (χ0v) is 13.3. The molecule has 0 aromatic rings. The first kappa shape index (κ1) is 18.7. The average molecular weight is 293 g/mol. The van der Waals surface area contributed by atoms with Crippen molar-refractivity contribution in [2.75, 3.05) is 19.6 Å². The number of ether oxygens (including phenoxy) is 1. The van der Waals surface area contributed by atoms with Gasteiger partial charge in [-0.3, -0.25) is 4.79 Å². The van der Waals surface area contributed by atoms with E-state index in [1.807, 2.05) is 25.7 Å². The number of nitrogens with two attached hydrogens (primary N) is 1. The quantitative estimate of drug-likeness (QED) is 0.765. The second-order valence-electron chi connectivity index (χ2n) is 5.92. The molecule has 0 radical (unpaired) electrons. The van der Waals surface area contributed by atoms with Crippen molar-refractivity contribution in [1.82, 2.24) is 4.90 Å². The Morgan fingerprint density at radius 1 is 1.32 bits per heavy atom. The zero-order valence-electron chi connectivity index (χ0n) is 12.5. The van der Waals surface area contributed by atoms with Crippen LogP contribution in [0.2, 0.25) is 0 Å². The van der Waals surface area contributed by atoms with Crippen molar-refractivity contribution in [3.63, 3.8) is 0 Å². The SMILES string of the molecule is CC1CN(C(=O)CCCCCCN)CC(C)(C)O1.Cl. The Labute approximate surface area is 123 Å². The van der Waals surface area contributed by atoms with Gasteiger partial charge in [0.25, 0.3) is 0 Å². The molecule has 0 spiro atoms. The molecule has 1 unspecified atom stereocenters. The Morgan fingerprint density at radius 3 is 2.53 bits per heavy atom. The maximum atomic E-state index is 12.1. The van der Waals surface area contributed by atoms with Crippen LogP contribution in [0.25, 0.3) is 0 Å². The van der Waals surface area contributed by atoms with Crippen LogP contribution in [0.3, 0.4) is 0 Å². The van der Waals surface area contributed by atoms with E-state index in [2.05, 4.69) is 0 Å². The highest BCUT2D eigenvalue weighted by atomic mass is 35.5. The number of carbonyl (C=O) groups excluding carboxylic acids is 1. The van der Waals surface area contributed by atoms with Crippen LogP contribution in [-0.2, 0) is 9.53 Å². The lowest BCUT2D eigenvalue weighted by Gasteiger charge is -2.41. The molecule has 1 rings (SSSR count). The topological polar surface area (TPSA) is 55.6 Å². The van der Waals surface area contributed by atoms with Crippen molar-refractivity contribution in [2.45, 2.75) is 64.6 Å². The number of rotatable bonds is 6. The van der Waals surface area contributed by atoms with E-state index in [9.17, 15) is 4.79 Å². The third-order valence-corrected chi connectivity index (χ3v) is 3.27. The lowest BCUT2D eigenvalue weighted by atomic mass is 10.0. The van der Waals surface area contributed by atoms with Crippen LogP contribution >= 0.6 is 12.4 Å². The van der Waals surface area contributed by atoms with Crippen LogP contribution in [0.15, 0.2) is 0 Å². The molecule has 19 heavy (non-hydrogen) atoms. The van der Waals surface area contributed by atoms with Gasteiger partial charge in [-0.25, -0.2) is 0 Å². The number of morpholine rings is 1. The fraction of sp³-hybridized carbons (Fsp3) is 0.929. The second-order valence-corrected chi connectivity index (χ2v) is 5.92. The molecule has 0 bridgehead atoms. The summed E-state index contributed by atoms with van der Waals surface area (Å²) in [4.78, 5) is 14.1. The molecule has 1 saturated heterocycles. The molecule has 0 aromatic carbocycles. The first-order chi connectivity index (χ1) is 8.44. The number of hydrogen-bond acceptors (Lipinski definition) is 3. The summed E-state index contributed by atoms with van der Waals surface area (Å²) < 4.78 is 5.80. The molecule has 1 aliphatic rings. The Hall–Kier alpha value is -0.320. The predicted molar refractivity (Wildman–Crippen MR) is 80.6 cm³/mol. The fourth-order valence-electron chi connectivity index (χ4n) is 2.58. The lowest BCUT2D eigenvalue weighted by molar-refractivity contribution is -0.158. The van der Waals surface area contributed by atoms with Gasteiger partial charge in [0, 0.05) is 19.5 Å². The molecule has 5 heteroatoms. The summed E-state index contributed by atoms with van der Waals surface area (Å²) in [7, 11) is 0. The smallest absolute Gasteiger partial charge is 0.222 e. The molecule has 0 aromatic heterocycles. The largest absolute Gasteiger partial charge is 0.369 e. The van der Waals surface area contributed by atoms with Crippen LogP contribution in [0.1, 0.15) is 52.9 Å². The number of carbonyl (C=O) groups is 1. The summed E-state index contributed by atoms with van der Waals surface area (Å²) in [6.45, 7) is 8.31. The maximum Gasteiger partial charge on any atom is 0.222 e. The van der Waals surface area contributed by atoms with Crippen molar-refractivity contribution in [1.29, 1.82) is 0 Å². The number of amides is 1. The lowest BCUT2D eigenvalue weighted by Crippen LogP contribution is -2.53. The highest BCUT2D eigenvalue weighted by Crippen LogP contribution is 2.21. The summed E-state index contributed by atoms with van der Waals surface area (Å²) in [5.41, 5.74) is 5.23. The van der Waals surface area contributed by atoms with Gasteiger partial charge in [0.2, 0.25) is 5.91 Å². The van der Waals surface area contributed by atoms with Crippen molar-refractivity contribution < 1.29 is 9.53 Å². The third kappa shape index (κ3) is 7.14. The minimum absolute atomic E-state index is 0. The third-order valence-electron chi connectivity index (χ3n) is 3.27. The molecule has 0 aliphatic carbocycles. The molecule has 4 nitrogen and oxygen atoms in total. The van der Waals surface area contributed by atoms with Gasteiger partial charge in [0.05, 0.1) is 11.7 Å². The summed E-state index contributed by atoms with van der Waals surface area (Å²) in [5, 5.41) is 0. The van der Waals surface area contributed by atoms with Crippen LogP contribution < -0.4 is 5.73 Å². The number of nitrogens with zero attached hydrogens (tertiary/aromatic N) is 1. The number of halogens is 1. The minimum atomic E-state index is -0.215. The summed E-state index contributed by atoms with van der Waals surface area (Å²) in [6.07, 6.45) is 5.07. The molecular formula is C14H29ClN2O2. The van der Waals surface area contributed by atoms with Gasteiger partial charge in [-0.1, -0.05) is 12.8 Å². The monoisotopic (exact) mass is 292 g/mol. The van der Waals surface area contributed by atoms with Crippen molar-refractivity contribution in [3.8, 4) is 0 Å². The number of unbranched alkanes of at least 4 members (excludes halogenated alkanes) is 3. The van der Waals surface area contributed by atoms with Gasteiger partial charge < -0.3 is 15.4 Å². The van der Waals surface area contributed by atoms with E-state index in [0.29, 0.717) is 13.0 Å². The van der Waals surface area contributed by atoms with Gasteiger partial charge in [-0.15, -0.1) is 12.4 Å². The Bertz CT molecular complexity index is 272. The molecule has 1 amide bonds. The highest BCUT2D eigenvalue weighted by molar-refractivity contribution is 5.85. The Balaban J connectivity index is 0.00000324. The molecule has 114 valence electrons. The van der Waals surface area contributed by atoms with E-state index in [1.165, 1.54) is 0 Å². The Kier molecular flexibility index (Phi) is 8.62. The van der Waals surface area contributed by atoms with Crippen molar-refractivity contribution in [3.05, 3.63) is 0 Å². The Morgan fingerprint density at radius 2 is 1.95 bits per heavy atom. The van der Waals surface area contributed by atoms with E-state index < -0.39 is 0 Å². The first-order valence-electron chi connectivity index (χ1n) is 7.10. The van der Waals surface area contributed by atoms with Gasteiger partial charge in [-0.2, -0.15) is 0 Å². The van der Waals surface area contributed by atoms with E-state index in [0.717, 1.165) is 38.8 Å². The molecule has 1 heterocycles. The summed E-state index contributed by atoms with van der Waals surface area (Å²) >= 11 is 0. The van der Waals surface area contributed by atoms with Crippen LogP contribution in [0.5, 0.6) is 0 Å². The molecule has 1 aliphatic heterocycles. The second kappa shape index (κ2) is 8.77. The van der Waals surface area contributed by atoms with Crippen LogP contribution in [-0.4, -0.2) is 42.1 Å². The molecule has 1 fully saturated rings. The average Bonchev–Trinajstić information content (AvgIpc) is 2.25. The first-order valence-corrected chi connectivity index (χ1v) is 7.10. The summed E-state index contributed by atoms with van der Waals surface area (Å²) in [5.74, 6) is 0.269. The van der Waals surface area contributed by atoms with E-state index in [1.54, 1.807) is 0 Å². The normalized spacial score (nSPS) is 21.9. The van der Waals surface area contributed by atoms with Gasteiger partial charge >= 0.3 is 0 Å². The van der Waals surface area contributed by atoms with Gasteiger partial charge in [0.15, 0.2) is 0 Å². The fourth-order valence-corrected chi connectivity index (χ4v) is 2.58. The number of hydrogen-bond donors (Lipinski definition) is 1. The van der Waals surface area contributed by atoms with E-state index in [4.69, 9.17) is 10.5 Å². The summed E-state index contributed by atoms with van der Waals surface area (Å²) in [6, 6.07) is 0. The minimum Gasteiger partial charge on any atom is -0.369 e. The van der Waals surface area contributed by atoms with Crippen molar-refractivity contribution in [2.24, 2.45) is 5.73 Å². The van der Waals surface area contributed by atoms with Crippen LogP contribution in [0, 0.1) is 0 Å². The van der Waals surface area contributed by atoms with E-state index in [-0.39, 0.29) is 30.0 Å².